The first-order valence-corrected chi connectivity index (χ1v) is 5.81. The third kappa shape index (κ3) is 4.77. The molecule has 0 aromatic rings. The highest BCUT2D eigenvalue weighted by Crippen LogP contribution is 2.14. The van der Waals surface area contributed by atoms with E-state index in [9.17, 15) is 4.79 Å². The van der Waals surface area contributed by atoms with Crippen molar-refractivity contribution in [1.29, 1.82) is 0 Å². The van der Waals surface area contributed by atoms with Crippen LogP contribution in [-0.4, -0.2) is 37.5 Å². The highest BCUT2D eigenvalue weighted by Gasteiger charge is 2.13. The zero-order valence-corrected chi connectivity index (χ0v) is 9.78. The highest BCUT2D eigenvalue weighted by atomic mass is 16.5. The summed E-state index contributed by atoms with van der Waals surface area (Å²) in [6.45, 7) is 4.57. The van der Waals surface area contributed by atoms with E-state index < -0.39 is 5.97 Å². The zero-order valence-electron chi connectivity index (χ0n) is 9.78. The lowest BCUT2D eigenvalue weighted by molar-refractivity contribution is -0.132. The molecule has 4 heteroatoms. The van der Waals surface area contributed by atoms with Gasteiger partial charge in [-0.15, -0.1) is 0 Å². The molecule has 1 rings (SSSR count). The average Bonchev–Trinajstić information content (AvgIpc) is 2.30. The van der Waals surface area contributed by atoms with Gasteiger partial charge in [0.2, 0.25) is 0 Å². The van der Waals surface area contributed by atoms with Crippen LogP contribution < -0.4 is 0 Å². The summed E-state index contributed by atoms with van der Waals surface area (Å²) in [6, 6.07) is 0. The molecule has 0 saturated carbocycles. The predicted octanol–water partition coefficient (Wildman–Crippen LogP) is 1.85. The Morgan fingerprint density at radius 3 is 2.75 bits per heavy atom. The standard InChI is InChI=1S/C12H20O4/c1-2-11(12(13)14)5-8-16-9-10-3-6-15-7-4-10/h5,10H,2-4,6-9H2,1H3,(H,13,14). The first kappa shape index (κ1) is 13.2. The van der Waals surface area contributed by atoms with Gasteiger partial charge in [0.25, 0.3) is 0 Å². The fraction of sp³-hybridized carbons (Fsp3) is 0.750. The molecule has 0 bridgehead atoms. The van der Waals surface area contributed by atoms with Crippen LogP contribution in [0.3, 0.4) is 0 Å². The molecule has 0 radical (unpaired) electrons. The number of carboxylic acids is 1. The molecule has 0 atom stereocenters. The molecule has 1 heterocycles. The molecule has 0 aromatic carbocycles. The van der Waals surface area contributed by atoms with Crippen LogP contribution in [0.2, 0.25) is 0 Å². The topological polar surface area (TPSA) is 55.8 Å². The van der Waals surface area contributed by atoms with E-state index in [1.165, 1.54) is 0 Å². The van der Waals surface area contributed by atoms with Crippen molar-refractivity contribution in [2.75, 3.05) is 26.4 Å². The molecule has 1 fully saturated rings. The molecular weight excluding hydrogens is 208 g/mol. The number of aliphatic carboxylic acids is 1. The second-order valence-electron chi connectivity index (χ2n) is 3.98. The minimum Gasteiger partial charge on any atom is -0.478 e. The Morgan fingerprint density at radius 1 is 1.50 bits per heavy atom. The summed E-state index contributed by atoms with van der Waals surface area (Å²) in [6.07, 6.45) is 4.28. The maximum atomic E-state index is 10.7. The highest BCUT2D eigenvalue weighted by molar-refractivity contribution is 5.86. The fourth-order valence-electron chi connectivity index (χ4n) is 1.69. The van der Waals surface area contributed by atoms with E-state index in [2.05, 4.69) is 0 Å². The molecular formula is C12H20O4. The molecule has 0 spiro atoms. The van der Waals surface area contributed by atoms with Crippen LogP contribution in [0.15, 0.2) is 11.6 Å². The van der Waals surface area contributed by atoms with E-state index in [-0.39, 0.29) is 0 Å². The van der Waals surface area contributed by atoms with Crippen LogP contribution in [0.25, 0.3) is 0 Å². The van der Waals surface area contributed by atoms with Gasteiger partial charge in [0.05, 0.1) is 6.61 Å². The van der Waals surface area contributed by atoms with Gasteiger partial charge < -0.3 is 14.6 Å². The minimum atomic E-state index is -0.850. The van der Waals surface area contributed by atoms with Gasteiger partial charge in [-0.1, -0.05) is 6.92 Å². The van der Waals surface area contributed by atoms with Crippen molar-refractivity contribution in [3.8, 4) is 0 Å². The summed E-state index contributed by atoms with van der Waals surface area (Å²) >= 11 is 0. The molecule has 0 aliphatic carbocycles. The molecule has 1 saturated heterocycles. The Labute approximate surface area is 96.2 Å². The first-order chi connectivity index (χ1) is 7.74. The summed E-state index contributed by atoms with van der Waals surface area (Å²) in [5.41, 5.74) is 0.423. The van der Waals surface area contributed by atoms with Crippen molar-refractivity contribution < 1.29 is 19.4 Å². The molecule has 4 nitrogen and oxygen atoms in total. The van der Waals surface area contributed by atoms with Crippen molar-refractivity contribution in [2.45, 2.75) is 26.2 Å². The van der Waals surface area contributed by atoms with Crippen LogP contribution in [0.4, 0.5) is 0 Å². The smallest absolute Gasteiger partial charge is 0.331 e. The second kappa shape index (κ2) is 7.41. The van der Waals surface area contributed by atoms with Crippen LogP contribution in [0.5, 0.6) is 0 Å². The first-order valence-electron chi connectivity index (χ1n) is 5.81. The Balaban J connectivity index is 2.16. The quantitative estimate of drug-likeness (QED) is 0.557. The lowest BCUT2D eigenvalue weighted by atomic mass is 10.0. The average molecular weight is 228 g/mol. The summed E-state index contributed by atoms with van der Waals surface area (Å²) in [7, 11) is 0. The molecule has 0 unspecified atom stereocenters. The number of hydrogen-bond donors (Lipinski definition) is 1. The number of carbonyl (C=O) groups is 1. The number of hydrogen-bond acceptors (Lipinski definition) is 3. The minimum absolute atomic E-state index is 0.396. The molecule has 1 N–H and O–H groups in total. The van der Waals surface area contributed by atoms with E-state index in [1.807, 2.05) is 6.92 Å². The number of rotatable bonds is 6. The van der Waals surface area contributed by atoms with Gasteiger partial charge in [-0.3, -0.25) is 0 Å². The fourth-order valence-corrected chi connectivity index (χ4v) is 1.69. The van der Waals surface area contributed by atoms with Crippen LogP contribution >= 0.6 is 0 Å². The Bertz CT molecular complexity index is 241. The number of carboxylic acid groups (broad SMARTS) is 1. The van der Waals surface area contributed by atoms with E-state index in [4.69, 9.17) is 14.6 Å². The monoisotopic (exact) mass is 228 g/mol. The van der Waals surface area contributed by atoms with Gasteiger partial charge in [0, 0.05) is 25.4 Å². The van der Waals surface area contributed by atoms with Crippen molar-refractivity contribution in [3.63, 3.8) is 0 Å². The van der Waals surface area contributed by atoms with E-state index in [1.54, 1.807) is 6.08 Å². The van der Waals surface area contributed by atoms with E-state index >= 15 is 0 Å². The Hall–Kier alpha value is -0.870. The molecule has 16 heavy (non-hydrogen) atoms. The third-order valence-corrected chi connectivity index (χ3v) is 2.80. The van der Waals surface area contributed by atoms with E-state index in [0.717, 1.165) is 26.1 Å². The Kier molecular flexibility index (Phi) is 6.11. The van der Waals surface area contributed by atoms with Crippen LogP contribution in [-0.2, 0) is 14.3 Å². The van der Waals surface area contributed by atoms with Gasteiger partial charge >= 0.3 is 5.97 Å². The van der Waals surface area contributed by atoms with Crippen LogP contribution in [0.1, 0.15) is 26.2 Å². The lowest BCUT2D eigenvalue weighted by Crippen LogP contribution is -2.20. The molecule has 0 aromatic heterocycles. The Morgan fingerprint density at radius 2 is 2.19 bits per heavy atom. The molecule has 0 amide bonds. The zero-order chi connectivity index (χ0) is 11.8. The van der Waals surface area contributed by atoms with Crippen molar-refractivity contribution in [3.05, 3.63) is 11.6 Å². The summed E-state index contributed by atoms with van der Waals surface area (Å²) in [5.74, 6) is -0.283. The van der Waals surface area contributed by atoms with Gasteiger partial charge in [0.1, 0.15) is 0 Å². The van der Waals surface area contributed by atoms with Gasteiger partial charge in [-0.2, -0.15) is 0 Å². The van der Waals surface area contributed by atoms with Crippen molar-refractivity contribution in [1.82, 2.24) is 0 Å². The SMILES string of the molecule is CCC(=CCOCC1CCOCC1)C(=O)O. The second-order valence-corrected chi connectivity index (χ2v) is 3.98. The largest absolute Gasteiger partial charge is 0.478 e. The van der Waals surface area contributed by atoms with Crippen molar-refractivity contribution in [2.24, 2.45) is 5.92 Å². The lowest BCUT2D eigenvalue weighted by Gasteiger charge is -2.21. The maximum Gasteiger partial charge on any atom is 0.331 e. The summed E-state index contributed by atoms with van der Waals surface area (Å²) in [4.78, 5) is 10.7. The van der Waals surface area contributed by atoms with Crippen LogP contribution in [0, 0.1) is 5.92 Å². The van der Waals surface area contributed by atoms with Gasteiger partial charge in [-0.25, -0.2) is 4.79 Å². The van der Waals surface area contributed by atoms with E-state index in [0.29, 0.717) is 31.1 Å². The molecule has 1 aliphatic rings. The number of ether oxygens (including phenoxy) is 2. The van der Waals surface area contributed by atoms with Gasteiger partial charge in [-0.05, 0) is 31.3 Å². The van der Waals surface area contributed by atoms with Crippen molar-refractivity contribution >= 4 is 5.97 Å². The maximum absolute atomic E-state index is 10.7. The summed E-state index contributed by atoms with van der Waals surface area (Å²) in [5, 5.41) is 8.78. The summed E-state index contributed by atoms with van der Waals surface area (Å²) < 4.78 is 10.7. The molecule has 92 valence electrons. The normalized spacial score (nSPS) is 18.7. The third-order valence-electron chi connectivity index (χ3n) is 2.80. The van der Waals surface area contributed by atoms with Gasteiger partial charge in [0.15, 0.2) is 0 Å². The molecule has 1 aliphatic heterocycles. The predicted molar refractivity (Wildman–Crippen MR) is 60.4 cm³/mol.